The predicted molar refractivity (Wildman–Crippen MR) is 77.5 cm³/mol. The van der Waals surface area contributed by atoms with Crippen molar-refractivity contribution in [3.05, 3.63) is 23.9 Å². The van der Waals surface area contributed by atoms with Crippen LogP contribution in [0.3, 0.4) is 0 Å². The Bertz CT molecular complexity index is 454. The Morgan fingerprint density at radius 1 is 1.21 bits per heavy atom. The fourth-order valence-corrected chi connectivity index (χ4v) is 3.54. The van der Waals surface area contributed by atoms with E-state index in [-0.39, 0.29) is 5.84 Å². The third kappa shape index (κ3) is 2.57. The molecule has 0 radical (unpaired) electrons. The number of amidine groups is 1. The first-order valence-electron chi connectivity index (χ1n) is 7.29. The van der Waals surface area contributed by atoms with E-state index in [9.17, 15) is 0 Å². The van der Waals surface area contributed by atoms with Gasteiger partial charge in [-0.2, -0.15) is 0 Å². The number of anilines is 1. The van der Waals surface area contributed by atoms with Crippen molar-refractivity contribution in [1.29, 1.82) is 5.41 Å². The number of hydrogen-bond donors (Lipinski definition) is 2. The average molecular weight is 258 g/mol. The van der Waals surface area contributed by atoms with Gasteiger partial charge in [-0.3, -0.25) is 5.41 Å². The van der Waals surface area contributed by atoms with E-state index in [0.717, 1.165) is 30.7 Å². The molecule has 1 aliphatic carbocycles. The van der Waals surface area contributed by atoms with Crippen LogP contribution in [0.25, 0.3) is 0 Å². The van der Waals surface area contributed by atoms with Gasteiger partial charge in [-0.05, 0) is 36.8 Å². The lowest BCUT2D eigenvalue weighted by Gasteiger charge is -2.41. The molecule has 1 aromatic heterocycles. The van der Waals surface area contributed by atoms with Crippen LogP contribution in [0.4, 0.5) is 5.82 Å². The molecule has 19 heavy (non-hydrogen) atoms. The van der Waals surface area contributed by atoms with Crippen LogP contribution >= 0.6 is 0 Å². The van der Waals surface area contributed by atoms with E-state index < -0.39 is 0 Å². The number of nitrogen functional groups attached to an aromatic ring is 1. The van der Waals surface area contributed by atoms with Crippen LogP contribution < -0.4 is 10.6 Å². The Labute approximate surface area is 114 Å². The fourth-order valence-electron chi connectivity index (χ4n) is 3.54. The van der Waals surface area contributed by atoms with E-state index in [4.69, 9.17) is 11.1 Å². The Balaban J connectivity index is 1.70. The van der Waals surface area contributed by atoms with E-state index in [2.05, 4.69) is 9.88 Å². The van der Waals surface area contributed by atoms with Crippen molar-refractivity contribution in [2.45, 2.75) is 32.1 Å². The largest absolute Gasteiger partial charge is 0.384 e. The number of nitrogens with one attached hydrogen (secondary N) is 1. The smallest absolute Gasteiger partial charge is 0.128 e. The molecule has 0 aromatic carbocycles. The Kier molecular flexibility index (Phi) is 3.40. The summed E-state index contributed by atoms with van der Waals surface area (Å²) in [5, 5.41) is 7.40. The Hall–Kier alpha value is -1.58. The second kappa shape index (κ2) is 5.19. The summed E-state index contributed by atoms with van der Waals surface area (Å²) in [4.78, 5) is 6.87. The van der Waals surface area contributed by atoms with Crippen LogP contribution in [-0.2, 0) is 0 Å². The molecule has 1 aliphatic heterocycles. The molecule has 1 saturated heterocycles. The molecule has 3 N–H and O–H groups in total. The van der Waals surface area contributed by atoms with E-state index in [1.165, 1.54) is 32.1 Å². The molecule has 4 nitrogen and oxygen atoms in total. The highest BCUT2D eigenvalue weighted by Gasteiger charge is 2.31. The van der Waals surface area contributed by atoms with Gasteiger partial charge in [0.25, 0.3) is 0 Å². The minimum Gasteiger partial charge on any atom is -0.384 e. The number of nitrogens with two attached hydrogens (primary N) is 1. The van der Waals surface area contributed by atoms with Crippen molar-refractivity contribution in [3.8, 4) is 0 Å². The van der Waals surface area contributed by atoms with Crippen molar-refractivity contribution in [2.75, 3.05) is 18.0 Å². The number of rotatable bonds is 2. The van der Waals surface area contributed by atoms with E-state index >= 15 is 0 Å². The summed E-state index contributed by atoms with van der Waals surface area (Å²) in [5.74, 6) is 2.93. The van der Waals surface area contributed by atoms with Gasteiger partial charge < -0.3 is 10.6 Å². The molecule has 102 valence electrons. The van der Waals surface area contributed by atoms with E-state index in [1.807, 2.05) is 12.1 Å². The van der Waals surface area contributed by atoms with Gasteiger partial charge in [0, 0.05) is 24.8 Å². The summed E-state index contributed by atoms with van der Waals surface area (Å²) < 4.78 is 0. The number of fused-ring (bicyclic) bond motifs is 1. The molecule has 0 bridgehead atoms. The minimum atomic E-state index is 0.0880. The number of hydrogen-bond acceptors (Lipinski definition) is 3. The zero-order valence-corrected chi connectivity index (χ0v) is 11.3. The summed E-state index contributed by atoms with van der Waals surface area (Å²) in [6.07, 6.45) is 8.64. The van der Waals surface area contributed by atoms with Crippen LogP contribution in [0.2, 0.25) is 0 Å². The summed E-state index contributed by atoms with van der Waals surface area (Å²) in [6.45, 7) is 2.27. The van der Waals surface area contributed by atoms with Crippen LogP contribution in [0.5, 0.6) is 0 Å². The first-order valence-corrected chi connectivity index (χ1v) is 7.29. The molecular weight excluding hydrogens is 236 g/mol. The zero-order valence-electron chi connectivity index (χ0n) is 11.3. The van der Waals surface area contributed by atoms with Gasteiger partial charge in [-0.1, -0.05) is 19.3 Å². The standard InChI is InChI=1S/C15H22N4/c16-15(17)12-5-6-14(18-9-12)19-8-7-11-3-1-2-4-13(11)10-19/h5-6,9,11,13H,1-4,7-8,10H2,(H3,16,17). The number of aromatic nitrogens is 1. The summed E-state index contributed by atoms with van der Waals surface area (Å²) in [5.41, 5.74) is 6.16. The van der Waals surface area contributed by atoms with Gasteiger partial charge in [0.1, 0.15) is 11.7 Å². The minimum absolute atomic E-state index is 0.0880. The lowest BCUT2D eigenvalue weighted by Crippen LogP contribution is -2.42. The molecule has 0 spiro atoms. The predicted octanol–water partition coefficient (Wildman–Crippen LogP) is 2.38. The van der Waals surface area contributed by atoms with Crippen molar-refractivity contribution in [1.82, 2.24) is 4.98 Å². The van der Waals surface area contributed by atoms with Gasteiger partial charge in [0.05, 0.1) is 0 Å². The monoisotopic (exact) mass is 258 g/mol. The molecule has 3 rings (SSSR count). The third-order valence-electron chi connectivity index (χ3n) is 4.67. The number of pyridine rings is 1. The topological polar surface area (TPSA) is 66.0 Å². The first-order chi connectivity index (χ1) is 9.24. The van der Waals surface area contributed by atoms with Crippen LogP contribution in [0.15, 0.2) is 18.3 Å². The summed E-state index contributed by atoms with van der Waals surface area (Å²) in [7, 11) is 0. The lowest BCUT2D eigenvalue weighted by molar-refractivity contribution is 0.202. The summed E-state index contributed by atoms with van der Waals surface area (Å²) in [6, 6.07) is 3.90. The molecule has 2 atom stereocenters. The number of piperidine rings is 1. The van der Waals surface area contributed by atoms with Gasteiger partial charge in [-0.25, -0.2) is 4.98 Å². The Morgan fingerprint density at radius 2 is 2.00 bits per heavy atom. The molecule has 1 saturated carbocycles. The maximum Gasteiger partial charge on any atom is 0.128 e. The Morgan fingerprint density at radius 3 is 2.68 bits per heavy atom. The van der Waals surface area contributed by atoms with Crippen molar-refractivity contribution in [2.24, 2.45) is 17.6 Å². The normalized spacial score (nSPS) is 26.8. The molecule has 2 heterocycles. The van der Waals surface area contributed by atoms with Crippen LogP contribution in [0.1, 0.15) is 37.7 Å². The molecule has 2 aliphatic rings. The van der Waals surface area contributed by atoms with E-state index in [1.54, 1.807) is 6.20 Å². The van der Waals surface area contributed by atoms with Crippen molar-refractivity contribution < 1.29 is 0 Å². The van der Waals surface area contributed by atoms with Crippen molar-refractivity contribution >= 4 is 11.7 Å². The average Bonchev–Trinajstić information content (AvgIpc) is 2.47. The van der Waals surface area contributed by atoms with Gasteiger partial charge in [-0.15, -0.1) is 0 Å². The SMILES string of the molecule is N=C(N)c1ccc(N2CCC3CCCCC3C2)nc1. The number of nitrogens with zero attached hydrogens (tertiary/aromatic N) is 2. The molecule has 1 aromatic rings. The van der Waals surface area contributed by atoms with Crippen LogP contribution in [-0.4, -0.2) is 23.9 Å². The highest BCUT2D eigenvalue weighted by atomic mass is 15.2. The lowest BCUT2D eigenvalue weighted by atomic mass is 9.75. The van der Waals surface area contributed by atoms with E-state index in [0.29, 0.717) is 5.56 Å². The molecule has 2 unspecified atom stereocenters. The van der Waals surface area contributed by atoms with Gasteiger partial charge >= 0.3 is 0 Å². The van der Waals surface area contributed by atoms with Crippen LogP contribution in [0, 0.1) is 17.2 Å². The van der Waals surface area contributed by atoms with Gasteiger partial charge in [0.2, 0.25) is 0 Å². The molecule has 2 fully saturated rings. The molecule has 4 heteroatoms. The second-order valence-corrected chi connectivity index (χ2v) is 5.86. The molecular formula is C15H22N4. The first kappa shape index (κ1) is 12.5. The third-order valence-corrected chi connectivity index (χ3v) is 4.67. The quantitative estimate of drug-likeness (QED) is 0.632. The second-order valence-electron chi connectivity index (χ2n) is 5.86. The maximum atomic E-state index is 7.40. The highest BCUT2D eigenvalue weighted by Crippen LogP contribution is 2.37. The zero-order chi connectivity index (χ0) is 13.2. The fraction of sp³-hybridized carbons (Fsp3) is 0.600. The van der Waals surface area contributed by atoms with Crippen molar-refractivity contribution in [3.63, 3.8) is 0 Å². The molecule has 0 amide bonds. The summed E-state index contributed by atoms with van der Waals surface area (Å²) >= 11 is 0. The van der Waals surface area contributed by atoms with Gasteiger partial charge in [0.15, 0.2) is 0 Å². The highest BCUT2D eigenvalue weighted by molar-refractivity contribution is 5.94. The maximum absolute atomic E-state index is 7.40.